The van der Waals surface area contributed by atoms with Crippen molar-refractivity contribution in [1.82, 2.24) is 20.1 Å². The van der Waals surface area contributed by atoms with Gasteiger partial charge in [-0.15, -0.1) is 0 Å². The summed E-state index contributed by atoms with van der Waals surface area (Å²) in [4.78, 5) is 33.4. The molecule has 2 aliphatic heterocycles. The fourth-order valence-electron chi connectivity index (χ4n) is 4.32. The number of hydrogen-bond acceptors (Lipinski definition) is 7. The van der Waals surface area contributed by atoms with Gasteiger partial charge in [0.15, 0.2) is 0 Å². The zero-order valence-electron chi connectivity index (χ0n) is 20.0. The van der Waals surface area contributed by atoms with E-state index in [2.05, 4.69) is 31.1 Å². The molecule has 0 aromatic carbocycles. The number of aromatic nitrogens is 1. The van der Waals surface area contributed by atoms with E-state index in [9.17, 15) is 9.59 Å². The summed E-state index contributed by atoms with van der Waals surface area (Å²) in [7, 11) is 1.48. The van der Waals surface area contributed by atoms with Crippen molar-refractivity contribution in [3.8, 4) is 5.88 Å². The van der Waals surface area contributed by atoms with E-state index in [1.807, 2.05) is 25.7 Å². The second-order valence-electron chi connectivity index (χ2n) is 9.87. The molecule has 0 spiro atoms. The van der Waals surface area contributed by atoms with Gasteiger partial charge in [-0.3, -0.25) is 4.79 Å². The standard InChI is InChI=1S/C23H36BrN5O4/c1-23(2,3)33-22(31)29-11-5-15(6-12-29)14-28-9-7-16(8-10-28)26-20(30)17-13-18(24)19(25)27-21(17)32-4/h13,15-16H,5-12,14H2,1-4H3,(H2,25,27)(H,26,30). The molecule has 0 bridgehead atoms. The van der Waals surface area contributed by atoms with Gasteiger partial charge in [-0.2, -0.15) is 4.98 Å². The largest absolute Gasteiger partial charge is 0.480 e. The topological polar surface area (TPSA) is 110 Å². The van der Waals surface area contributed by atoms with Crippen LogP contribution >= 0.6 is 15.9 Å². The van der Waals surface area contributed by atoms with Crippen molar-refractivity contribution in [3.63, 3.8) is 0 Å². The Kier molecular flexibility index (Phi) is 8.44. The number of nitrogens with one attached hydrogen (secondary N) is 1. The van der Waals surface area contributed by atoms with Crippen LogP contribution in [0.3, 0.4) is 0 Å². The Morgan fingerprint density at radius 1 is 1.18 bits per heavy atom. The highest BCUT2D eigenvalue weighted by Crippen LogP contribution is 2.26. The van der Waals surface area contributed by atoms with Gasteiger partial charge >= 0.3 is 6.09 Å². The number of nitrogens with zero attached hydrogens (tertiary/aromatic N) is 3. The minimum absolute atomic E-state index is 0.115. The summed E-state index contributed by atoms with van der Waals surface area (Å²) in [5, 5.41) is 3.11. The van der Waals surface area contributed by atoms with Crippen LogP contribution in [0, 0.1) is 5.92 Å². The number of rotatable bonds is 5. The summed E-state index contributed by atoms with van der Waals surface area (Å²) < 4.78 is 11.3. The zero-order valence-corrected chi connectivity index (χ0v) is 21.6. The van der Waals surface area contributed by atoms with Gasteiger partial charge in [0.25, 0.3) is 5.91 Å². The molecule has 1 aromatic rings. The summed E-state index contributed by atoms with van der Waals surface area (Å²) in [6.07, 6.45) is 3.57. The number of methoxy groups -OCH3 is 1. The quantitative estimate of drug-likeness (QED) is 0.606. The number of nitrogen functional groups attached to an aromatic ring is 1. The molecule has 2 aliphatic rings. The highest BCUT2D eigenvalue weighted by atomic mass is 79.9. The van der Waals surface area contributed by atoms with Crippen LogP contribution < -0.4 is 15.8 Å². The van der Waals surface area contributed by atoms with Gasteiger partial charge in [0.05, 0.1) is 11.6 Å². The predicted octanol–water partition coefficient (Wildman–Crippen LogP) is 3.28. The summed E-state index contributed by atoms with van der Waals surface area (Å²) in [5.74, 6) is 0.891. The van der Waals surface area contributed by atoms with E-state index in [4.69, 9.17) is 15.2 Å². The van der Waals surface area contributed by atoms with Crippen molar-refractivity contribution in [3.05, 3.63) is 16.1 Å². The molecule has 9 nitrogen and oxygen atoms in total. The van der Waals surface area contributed by atoms with E-state index in [0.29, 0.717) is 16.0 Å². The average molecular weight is 526 g/mol. The van der Waals surface area contributed by atoms with E-state index < -0.39 is 5.60 Å². The third kappa shape index (κ3) is 7.20. The van der Waals surface area contributed by atoms with Crippen LogP contribution in [0.5, 0.6) is 5.88 Å². The van der Waals surface area contributed by atoms with E-state index in [0.717, 1.165) is 58.4 Å². The Morgan fingerprint density at radius 2 is 1.82 bits per heavy atom. The zero-order chi connectivity index (χ0) is 24.2. The SMILES string of the molecule is COc1nc(N)c(Br)cc1C(=O)NC1CCN(CC2CCN(C(=O)OC(C)(C)C)CC2)CC1. The number of amides is 2. The van der Waals surface area contributed by atoms with Crippen LogP contribution in [-0.2, 0) is 4.74 Å². The fourth-order valence-corrected chi connectivity index (χ4v) is 4.63. The van der Waals surface area contributed by atoms with Crippen molar-refractivity contribution >= 4 is 33.7 Å². The lowest BCUT2D eigenvalue weighted by Gasteiger charge is -2.38. The smallest absolute Gasteiger partial charge is 0.410 e. The van der Waals surface area contributed by atoms with Crippen molar-refractivity contribution < 1.29 is 19.1 Å². The maximum atomic E-state index is 12.8. The van der Waals surface area contributed by atoms with Gasteiger partial charge in [0.2, 0.25) is 5.88 Å². The van der Waals surface area contributed by atoms with E-state index in [1.54, 1.807) is 6.07 Å². The molecule has 0 saturated carbocycles. The number of ether oxygens (including phenoxy) is 2. The Balaban J connectivity index is 1.42. The van der Waals surface area contributed by atoms with Gasteiger partial charge in [-0.25, -0.2) is 4.79 Å². The van der Waals surface area contributed by atoms with E-state index in [1.165, 1.54) is 7.11 Å². The van der Waals surface area contributed by atoms with Crippen LogP contribution in [-0.4, -0.2) is 78.3 Å². The molecule has 0 aliphatic carbocycles. The molecule has 2 saturated heterocycles. The number of hydrogen-bond donors (Lipinski definition) is 2. The molecule has 0 radical (unpaired) electrons. The number of piperidine rings is 2. The van der Waals surface area contributed by atoms with Gasteiger partial charge in [-0.05, 0) is 74.4 Å². The lowest BCUT2D eigenvalue weighted by Crippen LogP contribution is -2.47. The second-order valence-corrected chi connectivity index (χ2v) is 10.7. The monoisotopic (exact) mass is 525 g/mol. The summed E-state index contributed by atoms with van der Waals surface area (Å²) in [6, 6.07) is 1.76. The maximum absolute atomic E-state index is 12.8. The van der Waals surface area contributed by atoms with Gasteiger partial charge < -0.3 is 30.3 Å². The maximum Gasteiger partial charge on any atom is 0.410 e. The highest BCUT2D eigenvalue weighted by Gasteiger charge is 2.29. The van der Waals surface area contributed by atoms with Crippen LogP contribution in [0.2, 0.25) is 0 Å². The highest BCUT2D eigenvalue weighted by molar-refractivity contribution is 9.10. The molecule has 3 N–H and O–H groups in total. The fraction of sp³-hybridized carbons (Fsp3) is 0.696. The minimum atomic E-state index is -0.459. The summed E-state index contributed by atoms with van der Waals surface area (Å²) in [6.45, 7) is 10.1. The van der Waals surface area contributed by atoms with Crippen molar-refractivity contribution in [1.29, 1.82) is 0 Å². The molecule has 10 heteroatoms. The molecule has 3 rings (SSSR count). The molecule has 2 amide bonds. The summed E-state index contributed by atoms with van der Waals surface area (Å²) >= 11 is 3.32. The van der Waals surface area contributed by atoms with Crippen molar-refractivity contribution in [2.75, 3.05) is 45.6 Å². The second kappa shape index (κ2) is 10.9. The molecular weight excluding hydrogens is 490 g/mol. The van der Waals surface area contributed by atoms with Crippen LogP contribution in [0.4, 0.5) is 10.6 Å². The predicted molar refractivity (Wildman–Crippen MR) is 130 cm³/mol. The van der Waals surface area contributed by atoms with Crippen molar-refractivity contribution in [2.45, 2.75) is 58.1 Å². The molecule has 0 unspecified atom stereocenters. The number of halogens is 1. The third-order valence-electron chi connectivity index (χ3n) is 6.11. The first-order valence-corrected chi connectivity index (χ1v) is 12.4. The minimum Gasteiger partial charge on any atom is -0.480 e. The molecule has 0 atom stereocenters. The molecule has 1 aromatic heterocycles. The Morgan fingerprint density at radius 3 is 2.39 bits per heavy atom. The first-order chi connectivity index (χ1) is 15.6. The molecule has 184 valence electrons. The lowest BCUT2D eigenvalue weighted by molar-refractivity contribution is 0.0164. The Bertz CT molecular complexity index is 844. The van der Waals surface area contributed by atoms with Crippen molar-refractivity contribution in [2.24, 2.45) is 5.92 Å². The van der Waals surface area contributed by atoms with Gasteiger partial charge in [-0.1, -0.05) is 0 Å². The normalized spacial score (nSPS) is 18.8. The number of anilines is 1. The molecule has 33 heavy (non-hydrogen) atoms. The van der Waals surface area contributed by atoms with E-state index >= 15 is 0 Å². The molecular formula is C23H36BrN5O4. The van der Waals surface area contributed by atoms with Crippen LogP contribution in [0.1, 0.15) is 56.8 Å². The first-order valence-electron chi connectivity index (χ1n) is 11.6. The average Bonchev–Trinajstić information content (AvgIpc) is 2.76. The van der Waals surface area contributed by atoms with Gasteiger partial charge in [0.1, 0.15) is 17.0 Å². The van der Waals surface area contributed by atoms with Crippen LogP contribution in [0.15, 0.2) is 10.5 Å². The van der Waals surface area contributed by atoms with E-state index in [-0.39, 0.29) is 29.7 Å². The number of carbonyl (C=O) groups excluding carboxylic acids is 2. The molecule has 2 fully saturated rings. The Hall–Kier alpha value is -2.07. The Labute approximate surface area is 204 Å². The number of pyridine rings is 1. The number of likely N-dealkylation sites (tertiary alicyclic amines) is 2. The number of nitrogens with two attached hydrogens (primary N) is 1. The number of carbonyl (C=O) groups is 2. The van der Waals surface area contributed by atoms with Crippen LogP contribution in [0.25, 0.3) is 0 Å². The summed E-state index contributed by atoms with van der Waals surface area (Å²) in [5.41, 5.74) is 5.70. The first kappa shape index (κ1) is 25.6. The lowest BCUT2D eigenvalue weighted by atomic mass is 9.95. The molecule has 3 heterocycles. The third-order valence-corrected chi connectivity index (χ3v) is 6.75. The van der Waals surface area contributed by atoms with Gasteiger partial charge in [0, 0.05) is 38.8 Å².